The second-order valence-corrected chi connectivity index (χ2v) is 7.34. The molecule has 5 nitrogen and oxygen atoms in total. The number of fused-ring (bicyclic) bond motifs is 1. The number of carbonyl (C=O) groups excluding carboxylic acids is 1. The van der Waals surface area contributed by atoms with Gasteiger partial charge in [-0.15, -0.1) is 0 Å². The molecule has 118 valence electrons. The summed E-state index contributed by atoms with van der Waals surface area (Å²) in [6.07, 6.45) is 0. The molecule has 7 heteroatoms. The van der Waals surface area contributed by atoms with Gasteiger partial charge >= 0.3 is 0 Å². The molecule has 0 aliphatic carbocycles. The molecule has 0 spiro atoms. The van der Waals surface area contributed by atoms with Crippen LogP contribution in [0.25, 0.3) is 10.2 Å². The highest BCUT2D eigenvalue weighted by Gasteiger charge is 2.19. The van der Waals surface area contributed by atoms with Crippen LogP contribution in [0.5, 0.6) is 0 Å². The van der Waals surface area contributed by atoms with Gasteiger partial charge in [0.05, 0.1) is 10.2 Å². The summed E-state index contributed by atoms with van der Waals surface area (Å²) in [6.45, 7) is 7.20. The van der Waals surface area contributed by atoms with E-state index in [-0.39, 0.29) is 5.91 Å². The Morgan fingerprint density at radius 3 is 2.86 bits per heavy atom. The van der Waals surface area contributed by atoms with Crippen LogP contribution in [-0.4, -0.2) is 55.1 Å². The molecule has 1 saturated heterocycles. The Morgan fingerprint density at radius 1 is 1.36 bits per heavy atom. The maximum Gasteiger partial charge on any atom is 0.216 e. The summed E-state index contributed by atoms with van der Waals surface area (Å²) < 4.78 is 2.32. The highest BCUT2D eigenvalue weighted by molar-refractivity contribution is 9.10. The summed E-state index contributed by atoms with van der Waals surface area (Å²) in [5, 5.41) is 3.96. The highest BCUT2D eigenvalue weighted by atomic mass is 79.9. The van der Waals surface area contributed by atoms with Crippen LogP contribution in [-0.2, 0) is 4.79 Å². The Balaban J connectivity index is 1.57. The minimum absolute atomic E-state index is 0.0410. The highest BCUT2D eigenvalue weighted by Crippen LogP contribution is 2.31. The van der Waals surface area contributed by atoms with Gasteiger partial charge in [0.15, 0.2) is 5.13 Å². The fourth-order valence-electron chi connectivity index (χ4n) is 2.57. The van der Waals surface area contributed by atoms with Crippen molar-refractivity contribution in [1.82, 2.24) is 15.2 Å². The largest absolute Gasteiger partial charge is 0.355 e. The van der Waals surface area contributed by atoms with Crippen LogP contribution in [0.4, 0.5) is 5.13 Å². The van der Waals surface area contributed by atoms with Crippen molar-refractivity contribution >= 4 is 48.5 Å². The molecule has 2 heterocycles. The molecular formula is C15H19BrN4OS. The van der Waals surface area contributed by atoms with Crippen molar-refractivity contribution in [1.29, 1.82) is 0 Å². The van der Waals surface area contributed by atoms with E-state index in [0.717, 1.165) is 54.4 Å². The van der Waals surface area contributed by atoms with Crippen molar-refractivity contribution in [3.63, 3.8) is 0 Å². The number of nitrogens with one attached hydrogen (secondary N) is 1. The van der Waals surface area contributed by atoms with Crippen LogP contribution < -0.4 is 10.2 Å². The Morgan fingerprint density at radius 2 is 2.14 bits per heavy atom. The van der Waals surface area contributed by atoms with Gasteiger partial charge in [0.25, 0.3) is 0 Å². The SMILES string of the molecule is CC(=O)NCCN1CCN(c2nc3ccc(Br)cc3s2)CC1. The first-order valence-corrected chi connectivity index (χ1v) is 9.00. The number of rotatable bonds is 4. The Labute approximate surface area is 142 Å². The molecule has 3 rings (SSSR count). The lowest BCUT2D eigenvalue weighted by Crippen LogP contribution is -2.48. The van der Waals surface area contributed by atoms with E-state index < -0.39 is 0 Å². The van der Waals surface area contributed by atoms with Crippen LogP contribution in [0.3, 0.4) is 0 Å². The topological polar surface area (TPSA) is 48.5 Å². The molecule has 1 aromatic carbocycles. The van der Waals surface area contributed by atoms with Gasteiger partial charge in [-0.25, -0.2) is 4.98 Å². The first-order chi connectivity index (χ1) is 10.6. The number of halogens is 1. The molecule has 1 fully saturated rings. The number of amides is 1. The minimum Gasteiger partial charge on any atom is -0.355 e. The van der Waals surface area contributed by atoms with Crippen molar-refractivity contribution in [3.8, 4) is 0 Å². The molecule has 0 bridgehead atoms. The summed E-state index contributed by atoms with van der Waals surface area (Å²) in [7, 11) is 0. The van der Waals surface area contributed by atoms with Crippen molar-refractivity contribution < 1.29 is 4.79 Å². The summed E-state index contributed by atoms with van der Waals surface area (Å²) in [4.78, 5) is 20.4. The molecular weight excluding hydrogens is 364 g/mol. The average Bonchev–Trinajstić information content (AvgIpc) is 2.90. The molecule has 1 aromatic heterocycles. The summed E-state index contributed by atoms with van der Waals surface area (Å²) in [5.41, 5.74) is 1.07. The summed E-state index contributed by atoms with van der Waals surface area (Å²) in [6, 6.07) is 6.22. The molecule has 1 N–H and O–H groups in total. The van der Waals surface area contributed by atoms with E-state index in [4.69, 9.17) is 4.98 Å². The van der Waals surface area contributed by atoms with Crippen molar-refractivity contribution in [3.05, 3.63) is 22.7 Å². The molecule has 1 aliphatic heterocycles. The molecule has 0 atom stereocenters. The Bertz CT molecular complexity index is 667. The number of hydrogen-bond acceptors (Lipinski definition) is 5. The second-order valence-electron chi connectivity index (χ2n) is 5.42. The fraction of sp³-hybridized carbons (Fsp3) is 0.467. The lowest BCUT2D eigenvalue weighted by molar-refractivity contribution is -0.119. The summed E-state index contributed by atoms with van der Waals surface area (Å²) >= 11 is 5.26. The number of carbonyl (C=O) groups is 1. The van der Waals surface area contributed by atoms with Crippen LogP contribution in [0, 0.1) is 0 Å². The third-order valence-corrected chi connectivity index (χ3v) is 5.36. The van der Waals surface area contributed by atoms with E-state index in [0.29, 0.717) is 0 Å². The van der Waals surface area contributed by atoms with E-state index in [1.54, 1.807) is 18.3 Å². The number of thiazole rings is 1. The van der Waals surface area contributed by atoms with Crippen molar-refractivity contribution in [2.45, 2.75) is 6.92 Å². The van der Waals surface area contributed by atoms with Crippen LogP contribution >= 0.6 is 27.3 Å². The maximum atomic E-state index is 10.9. The van der Waals surface area contributed by atoms with Gasteiger partial charge in [-0.05, 0) is 18.2 Å². The van der Waals surface area contributed by atoms with Crippen LogP contribution in [0.2, 0.25) is 0 Å². The standard InChI is InChI=1S/C15H19BrN4OS/c1-11(21)17-4-5-19-6-8-20(9-7-19)15-18-13-3-2-12(16)10-14(13)22-15/h2-3,10H,4-9H2,1H3,(H,17,21). The van der Waals surface area contributed by atoms with E-state index in [9.17, 15) is 4.79 Å². The van der Waals surface area contributed by atoms with Gasteiger partial charge in [-0.3, -0.25) is 9.69 Å². The number of anilines is 1. The van der Waals surface area contributed by atoms with E-state index in [2.05, 4.69) is 43.2 Å². The third-order valence-electron chi connectivity index (χ3n) is 3.78. The second kappa shape index (κ2) is 6.93. The zero-order valence-corrected chi connectivity index (χ0v) is 14.9. The maximum absolute atomic E-state index is 10.9. The predicted octanol–water partition coefficient (Wildman–Crippen LogP) is 2.32. The number of piperazine rings is 1. The lowest BCUT2D eigenvalue weighted by atomic mass is 10.3. The normalized spacial score (nSPS) is 16.2. The summed E-state index contributed by atoms with van der Waals surface area (Å²) in [5.74, 6) is 0.0410. The molecule has 0 unspecified atom stereocenters. The van der Waals surface area contributed by atoms with Gasteiger partial charge in [-0.2, -0.15) is 0 Å². The zero-order valence-electron chi connectivity index (χ0n) is 12.5. The number of nitrogens with zero attached hydrogens (tertiary/aromatic N) is 3. The van der Waals surface area contributed by atoms with Crippen molar-refractivity contribution in [2.75, 3.05) is 44.2 Å². The van der Waals surface area contributed by atoms with E-state index in [1.165, 1.54) is 4.70 Å². The fourth-order valence-corrected chi connectivity index (χ4v) is 4.14. The Hall–Kier alpha value is -1.18. The number of benzene rings is 1. The third kappa shape index (κ3) is 3.77. The van der Waals surface area contributed by atoms with Gasteiger partial charge in [-0.1, -0.05) is 27.3 Å². The predicted molar refractivity (Wildman–Crippen MR) is 94.7 cm³/mol. The molecule has 2 aromatic rings. The lowest BCUT2D eigenvalue weighted by Gasteiger charge is -2.34. The smallest absolute Gasteiger partial charge is 0.216 e. The zero-order chi connectivity index (χ0) is 15.5. The monoisotopic (exact) mass is 382 g/mol. The molecule has 0 radical (unpaired) electrons. The first kappa shape index (κ1) is 15.7. The van der Waals surface area contributed by atoms with Gasteiger partial charge in [0.2, 0.25) is 5.91 Å². The van der Waals surface area contributed by atoms with Gasteiger partial charge in [0.1, 0.15) is 0 Å². The molecule has 0 saturated carbocycles. The van der Waals surface area contributed by atoms with E-state index >= 15 is 0 Å². The average molecular weight is 383 g/mol. The molecule has 1 aliphatic rings. The molecule has 22 heavy (non-hydrogen) atoms. The van der Waals surface area contributed by atoms with Crippen molar-refractivity contribution in [2.24, 2.45) is 0 Å². The number of hydrogen-bond donors (Lipinski definition) is 1. The minimum atomic E-state index is 0.0410. The Kier molecular flexibility index (Phi) is 4.95. The molecule has 1 amide bonds. The van der Waals surface area contributed by atoms with E-state index in [1.807, 2.05) is 6.07 Å². The van der Waals surface area contributed by atoms with Gasteiger partial charge < -0.3 is 10.2 Å². The van der Waals surface area contributed by atoms with Crippen LogP contribution in [0.15, 0.2) is 22.7 Å². The quantitative estimate of drug-likeness (QED) is 0.881. The van der Waals surface area contributed by atoms with Gasteiger partial charge in [0, 0.05) is 50.7 Å². The number of aromatic nitrogens is 1. The van der Waals surface area contributed by atoms with Crippen LogP contribution in [0.1, 0.15) is 6.92 Å². The first-order valence-electron chi connectivity index (χ1n) is 7.39.